The van der Waals surface area contributed by atoms with E-state index in [0.717, 1.165) is 23.2 Å². The Morgan fingerprint density at radius 3 is 3.24 bits per heavy atom. The maximum absolute atomic E-state index is 11.9. The maximum atomic E-state index is 11.9. The molecule has 17 heavy (non-hydrogen) atoms. The lowest BCUT2D eigenvalue weighted by Crippen LogP contribution is -2.09. The minimum absolute atomic E-state index is 0.0806. The van der Waals surface area contributed by atoms with Gasteiger partial charge in [-0.2, -0.15) is 0 Å². The van der Waals surface area contributed by atoms with E-state index in [1.807, 2.05) is 0 Å². The number of hydrogen-bond donors (Lipinski definition) is 1. The van der Waals surface area contributed by atoms with E-state index in [9.17, 15) is 9.59 Å². The molecule has 0 fully saturated rings. The zero-order chi connectivity index (χ0) is 12.0. The van der Waals surface area contributed by atoms with Gasteiger partial charge >= 0.3 is 0 Å². The molecule has 2 aromatic heterocycles. The van der Waals surface area contributed by atoms with E-state index in [0.29, 0.717) is 11.8 Å². The molecule has 0 spiro atoms. The van der Waals surface area contributed by atoms with Crippen LogP contribution in [0.3, 0.4) is 0 Å². The number of aryl methyl sites for hydroxylation is 1. The van der Waals surface area contributed by atoms with Crippen LogP contribution in [0, 0.1) is 0 Å². The second-order valence-electron chi connectivity index (χ2n) is 4.49. The van der Waals surface area contributed by atoms with Gasteiger partial charge < -0.3 is 9.78 Å². The van der Waals surface area contributed by atoms with Crippen molar-refractivity contribution in [2.24, 2.45) is 0 Å². The molecule has 0 aliphatic heterocycles. The summed E-state index contributed by atoms with van der Waals surface area (Å²) in [6.07, 6.45) is 3.92. The van der Waals surface area contributed by atoms with Crippen LogP contribution in [-0.2, 0) is 11.2 Å². The summed E-state index contributed by atoms with van der Waals surface area (Å²) in [5.74, 6) is 0.393. The smallest absolute Gasteiger partial charge is 0.259 e. The van der Waals surface area contributed by atoms with Crippen molar-refractivity contribution in [2.45, 2.75) is 32.1 Å². The summed E-state index contributed by atoms with van der Waals surface area (Å²) in [7, 11) is 0. The zero-order valence-corrected chi connectivity index (χ0v) is 10.3. The Kier molecular flexibility index (Phi) is 2.36. The molecule has 5 heteroatoms. The Bertz CT molecular complexity index is 656. The van der Waals surface area contributed by atoms with Gasteiger partial charge in [0.15, 0.2) is 0 Å². The number of aromatic amines is 1. The summed E-state index contributed by atoms with van der Waals surface area (Å²) >= 11 is 1.59. The van der Waals surface area contributed by atoms with Gasteiger partial charge in [0, 0.05) is 11.3 Å². The van der Waals surface area contributed by atoms with Crippen molar-refractivity contribution in [1.82, 2.24) is 9.97 Å². The van der Waals surface area contributed by atoms with Crippen LogP contribution in [0.5, 0.6) is 0 Å². The van der Waals surface area contributed by atoms with Gasteiger partial charge in [-0.15, -0.1) is 11.3 Å². The third kappa shape index (κ3) is 1.61. The number of Topliss-reactive ketones (excluding diaryl/α,β-unsaturated/α-hetero) is 1. The largest absolute Gasteiger partial charge is 0.313 e. The van der Waals surface area contributed by atoms with E-state index in [1.165, 1.54) is 11.2 Å². The Hall–Kier alpha value is -1.49. The molecule has 0 bridgehead atoms. The molecule has 88 valence electrons. The summed E-state index contributed by atoms with van der Waals surface area (Å²) in [5, 5.41) is 0.705. The maximum Gasteiger partial charge on any atom is 0.259 e. The number of hydrogen-bond acceptors (Lipinski definition) is 4. The van der Waals surface area contributed by atoms with Gasteiger partial charge in [0.05, 0.1) is 11.7 Å². The highest BCUT2D eigenvalue weighted by Crippen LogP contribution is 2.43. The van der Waals surface area contributed by atoms with E-state index in [2.05, 4.69) is 9.97 Å². The van der Waals surface area contributed by atoms with Gasteiger partial charge in [-0.25, -0.2) is 4.98 Å². The first-order chi connectivity index (χ1) is 8.16. The zero-order valence-electron chi connectivity index (χ0n) is 9.45. The fourth-order valence-electron chi connectivity index (χ4n) is 2.63. The average Bonchev–Trinajstić information content (AvgIpc) is 2.78. The molecule has 0 amide bonds. The van der Waals surface area contributed by atoms with Crippen LogP contribution >= 0.6 is 11.3 Å². The van der Waals surface area contributed by atoms with Gasteiger partial charge in [0.1, 0.15) is 10.6 Å². The number of carbonyl (C=O) groups is 1. The van der Waals surface area contributed by atoms with Crippen LogP contribution in [0.25, 0.3) is 10.2 Å². The Labute approximate surface area is 102 Å². The van der Waals surface area contributed by atoms with Crippen LogP contribution in [-0.4, -0.2) is 15.8 Å². The first-order valence-corrected chi connectivity index (χ1v) is 6.47. The number of thiophene rings is 1. The predicted molar refractivity (Wildman–Crippen MR) is 66.6 cm³/mol. The van der Waals surface area contributed by atoms with E-state index in [-0.39, 0.29) is 17.3 Å². The molecule has 0 saturated carbocycles. The fourth-order valence-corrected chi connectivity index (χ4v) is 3.87. The molecule has 0 saturated heterocycles. The number of fused-ring (bicyclic) bond motifs is 3. The molecule has 4 nitrogen and oxygen atoms in total. The van der Waals surface area contributed by atoms with Crippen molar-refractivity contribution in [3.8, 4) is 0 Å². The second-order valence-corrected chi connectivity index (χ2v) is 5.58. The molecule has 2 aromatic rings. The first kappa shape index (κ1) is 10.7. The van der Waals surface area contributed by atoms with E-state index < -0.39 is 0 Å². The molecule has 0 radical (unpaired) electrons. The van der Waals surface area contributed by atoms with Gasteiger partial charge in [0.2, 0.25) is 0 Å². The summed E-state index contributed by atoms with van der Waals surface area (Å²) in [4.78, 5) is 32.0. The number of ketones is 1. The minimum Gasteiger partial charge on any atom is -0.313 e. The standard InChI is InChI=1S/C12H12N2O2S/c1-6(15)4-7-2-3-8-9(7)10-11(16)13-5-14-12(10)17-8/h5,7H,2-4H2,1H3,(H,13,14,16). The number of nitrogens with one attached hydrogen (secondary N) is 1. The Balaban J connectivity index is 2.22. The molecular formula is C12H12N2O2S. The Morgan fingerprint density at radius 2 is 2.47 bits per heavy atom. The van der Waals surface area contributed by atoms with E-state index in [4.69, 9.17) is 0 Å². The topological polar surface area (TPSA) is 62.8 Å². The quantitative estimate of drug-likeness (QED) is 0.884. The van der Waals surface area contributed by atoms with Crippen molar-refractivity contribution >= 4 is 27.3 Å². The summed E-state index contributed by atoms with van der Waals surface area (Å²) in [5.41, 5.74) is 0.998. The molecule has 2 heterocycles. The first-order valence-electron chi connectivity index (χ1n) is 5.65. The monoisotopic (exact) mass is 248 g/mol. The SMILES string of the molecule is CC(=O)CC1CCc2sc3nc[nH]c(=O)c3c21. The molecule has 0 aromatic carbocycles. The van der Waals surface area contributed by atoms with Crippen LogP contribution < -0.4 is 5.56 Å². The number of rotatable bonds is 2. The lowest BCUT2D eigenvalue weighted by Gasteiger charge is -2.07. The normalized spacial score (nSPS) is 18.5. The number of aromatic nitrogens is 2. The molecule has 1 aliphatic carbocycles. The number of carbonyl (C=O) groups excluding carboxylic acids is 1. The number of H-pyrrole nitrogens is 1. The van der Waals surface area contributed by atoms with Gasteiger partial charge in [-0.3, -0.25) is 4.79 Å². The number of nitrogens with zero attached hydrogens (tertiary/aromatic N) is 1. The molecule has 1 unspecified atom stereocenters. The van der Waals surface area contributed by atoms with Crippen molar-refractivity contribution < 1.29 is 4.79 Å². The molecule has 1 N–H and O–H groups in total. The summed E-state index contributed by atoms with van der Waals surface area (Å²) in [6.45, 7) is 1.61. The lowest BCUT2D eigenvalue weighted by atomic mass is 9.96. The third-order valence-electron chi connectivity index (χ3n) is 3.27. The molecule has 3 rings (SSSR count). The van der Waals surface area contributed by atoms with Crippen molar-refractivity contribution in [3.63, 3.8) is 0 Å². The highest BCUT2D eigenvalue weighted by molar-refractivity contribution is 7.18. The van der Waals surface area contributed by atoms with Crippen molar-refractivity contribution in [3.05, 3.63) is 27.1 Å². The molecular weight excluding hydrogens is 236 g/mol. The van der Waals surface area contributed by atoms with E-state index >= 15 is 0 Å². The fraction of sp³-hybridized carbons (Fsp3) is 0.417. The highest BCUT2D eigenvalue weighted by atomic mass is 32.1. The second kappa shape index (κ2) is 3.77. The Morgan fingerprint density at radius 1 is 1.65 bits per heavy atom. The van der Waals surface area contributed by atoms with Crippen molar-refractivity contribution in [2.75, 3.05) is 0 Å². The third-order valence-corrected chi connectivity index (χ3v) is 4.44. The van der Waals surface area contributed by atoms with Crippen molar-refractivity contribution in [1.29, 1.82) is 0 Å². The van der Waals surface area contributed by atoms with Gasteiger partial charge in [-0.05, 0) is 31.2 Å². The van der Waals surface area contributed by atoms with Crippen LogP contribution in [0.15, 0.2) is 11.1 Å². The summed E-state index contributed by atoms with van der Waals surface area (Å²) < 4.78 is 0. The van der Waals surface area contributed by atoms with Crippen LogP contribution in [0.2, 0.25) is 0 Å². The minimum atomic E-state index is -0.0806. The van der Waals surface area contributed by atoms with Gasteiger partial charge in [-0.1, -0.05) is 0 Å². The van der Waals surface area contributed by atoms with E-state index in [1.54, 1.807) is 18.3 Å². The molecule has 1 atom stereocenters. The molecule has 1 aliphatic rings. The summed E-state index contributed by atoms with van der Waals surface area (Å²) in [6, 6.07) is 0. The lowest BCUT2D eigenvalue weighted by molar-refractivity contribution is -0.117. The van der Waals surface area contributed by atoms with Crippen LogP contribution in [0.4, 0.5) is 0 Å². The average molecular weight is 248 g/mol. The predicted octanol–water partition coefficient (Wildman–Crippen LogP) is 1.99. The highest BCUT2D eigenvalue weighted by Gasteiger charge is 2.29. The van der Waals surface area contributed by atoms with Gasteiger partial charge in [0.25, 0.3) is 5.56 Å². The van der Waals surface area contributed by atoms with Crippen LogP contribution in [0.1, 0.15) is 36.1 Å².